The summed E-state index contributed by atoms with van der Waals surface area (Å²) in [7, 11) is 0. The standard InChI is InChI=1S/C4H11NO2.C3H6/c6-3-1-5-2-4-7;1-3-2/h5-7H,1-4H2;3H,1H2,2H3. The molecule has 0 unspecified atom stereocenters. The van der Waals surface area contributed by atoms with E-state index in [1.54, 1.807) is 6.08 Å². The molecule has 0 rings (SSSR count). The van der Waals surface area contributed by atoms with Gasteiger partial charge in [0.05, 0.1) is 13.2 Å². The number of rotatable bonds is 4. The molecule has 0 amide bonds. The van der Waals surface area contributed by atoms with Crippen LogP contribution in [0.1, 0.15) is 6.92 Å². The van der Waals surface area contributed by atoms with Gasteiger partial charge in [0.25, 0.3) is 0 Å². The van der Waals surface area contributed by atoms with E-state index in [0.29, 0.717) is 13.1 Å². The van der Waals surface area contributed by atoms with Crippen molar-refractivity contribution in [2.75, 3.05) is 26.3 Å². The zero-order valence-corrected chi connectivity index (χ0v) is 6.51. The van der Waals surface area contributed by atoms with Crippen molar-refractivity contribution < 1.29 is 10.2 Å². The van der Waals surface area contributed by atoms with Crippen LogP contribution in [0.15, 0.2) is 12.7 Å². The molecule has 0 bridgehead atoms. The number of nitrogens with one attached hydrogen (secondary N) is 1. The molecule has 0 atom stereocenters. The lowest BCUT2D eigenvalue weighted by atomic mass is 10.6. The van der Waals surface area contributed by atoms with Gasteiger partial charge in [-0.1, -0.05) is 6.08 Å². The third-order valence-electron chi connectivity index (χ3n) is 0.577. The average Bonchev–Trinajstić information content (AvgIpc) is 1.91. The summed E-state index contributed by atoms with van der Waals surface area (Å²) in [5.74, 6) is 0. The third kappa shape index (κ3) is 25.5. The van der Waals surface area contributed by atoms with E-state index >= 15 is 0 Å². The lowest BCUT2D eigenvalue weighted by Gasteiger charge is -1.94. The van der Waals surface area contributed by atoms with Crippen molar-refractivity contribution in [3.63, 3.8) is 0 Å². The largest absolute Gasteiger partial charge is 0.395 e. The van der Waals surface area contributed by atoms with E-state index in [0.717, 1.165) is 0 Å². The second kappa shape index (κ2) is 15.8. The summed E-state index contributed by atoms with van der Waals surface area (Å²) in [6, 6.07) is 0. The van der Waals surface area contributed by atoms with Crippen molar-refractivity contribution >= 4 is 0 Å². The predicted molar refractivity (Wildman–Crippen MR) is 42.9 cm³/mol. The molecule has 0 aliphatic rings. The molecule has 62 valence electrons. The maximum absolute atomic E-state index is 8.15. The summed E-state index contributed by atoms with van der Waals surface area (Å²) in [6.07, 6.45) is 1.75. The van der Waals surface area contributed by atoms with Crippen molar-refractivity contribution in [2.45, 2.75) is 6.92 Å². The fraction of sp³-hybridized carbons (Fsp3) is 0.714. The van der Waals surface area contributed by atoms with E-state index in [1.807, 2.05) is 6.92 Å². The fourth-order valence-electron chi connectivity index (χ4n) is 0.283. The Morgan fingerprint density at radius 2 is 1.60 bits per heavy atom. The number of hydrogen-bond donors (Lipinski definition) is 3. The molecule has 0 saturated carbocycles. The summed E-state index contributed by atoms with van der Waals surface area (Å²) >= 11 is 0. The fourth-order valence-corrected chi connectivity index (χ4v) is 0.283. The molecule has 0 aliphatic heterocycles. The molecule has 0 spiro atoms. The zero-order chi connectivity index (χ0) is 8.24. The van der Waals surface area contributed by atoms with Crippen LogP contribution in [0, 0.1) is 0 Å². The van der Waals surface area contributed by atoms with Crippen molar-refractivity contribution in [1.29, 1.82) is 0 Å². The molecule has 10 heavy (non-hydrogen) atoms. The molecule has 0 aromatic rings. The molecular formula is C7H17NO2. The van der Waals surface area contributed by atoms with Crippen molar-refractivity contribution in [1.82, 2.24) is 5.32 Å². The minimum absolute atomic E-state index is 0.139. The van der Waals surface area contributed by atoms with Crippen molar-refractivity contribution in [3.05, 3.63) is 12.7 Å². The maximum Gasteiger partial charge on any atom is 0.0555 e. The van der Waals surface area contributed by atoms with E-state index < -0.39 is 0 Å². The molecule has 0 aromatic heterocycles. The van der Waals surface area contributed by atoms with Gasteiger partial charge < -0.3 is 15.5 Å². The first-order valence-corrected chi connectivity index (χ1v) is 3.33. The van der Waals surface area contributed by atoms with Crippen LogP contribution < -0.4 is 5.32 Å². The Balaban J connectivity index is 0. The van der Waals surface area contributed by atoms with Crippen LogP contribution in [0.5, 0.6) is 0 Å². The van der Waals surface area contributed by atoms with E-state index in [1.165, 1.54) is 0 Å². The van der Waals surface area contributed by atoms with Gasteiger partial charge in [-0.05, 0) is 6.92 Å². The first-order valence-electron chi connectivity index (χ1n) is 3.33. The maximum atomic E-state index is 8.15. The number of aliphatic hydroxyl groups is 2. The van der Waals surface area contributed by atoms with E-state index in [-0.39, 0.29) is 13.2 Å². The SMILES string of the molecule is C=CC.OCCNCCO. The first-order chi connectivity index (χ1) is 4.83. The Kier molecular flexibility index (Phi) is 19.5. The van der Waals surface area contributed by atoms with Crippen molar-refractivity contribution in [3.8, 4) is 0 Å². The minimum atomic E-state index is 0.139. The normalized spacial score (nSPS) is 7.90. The monoisotopic (exact) mass is 147 g/mol. The summed E-state index contributed by atoms with van der Waals surface area (Å²) in [5, 5.41) is 19.1. The van der Waals surface area contributed by atoms with Crippen molar-refractivity contribution in [2.24, 2.45) is 0 Å². The molecule has 0 radical (unpaired) electrons. The Morgan fingerprint density at radius 3 is 1.80 bits per heavy atom. The summed E-state index contributed by atoms with van der Waals surface area (Å²) in [4.78, 5) is 0. The first kappa shape index (κ1) is 12.3. The quantitative estimate of drug-likeness (QED) is 0.380. The Hall–Kier alpha value is -0.380. The van der Waals surface area contributed by atoms with Crippen LogP contribution in [-0.2, 0) is 0 Å². The second-order valence-electron chi connectivity index (χ2n) is 1.61. The highest BCUT2D eigenvalue weighted by atomic mass is 16.3. The van der Waals surface area contributed by atoms with E-state index in [9.17, 15) is 0 Å². The van der Waals surface area contributed by atoms with Gasteiger partial charge in [-0.2, -0.15) is 0 Å². The van der Waals surface area contributed by atoms with E-state index in [4.69, 9.17) is 10.2 Å². The topological polar surface area (TPSA) is 52.5 Å². The summed E-state index contributed by atoms with van der Waals surface area (Å²) in [5.41, 5.74) is 0. The highest BCUT2D eigenvalue weighted by Gasteiger charge is 1.78. The van der Waals surface area contributed by atoms with Crippen LogP contribution in [0.4, 0.5) is 0 Å². The highest BCUT2D eigenvalue weighted by molar-refractivity contribution is 4.51. The molecule has 0 saturated heterocycles. The Labute approximate surface area is 62.4 Å². The van der Waals surface area contributed by atoms with Gasteiger partial charge in [0.2, 0.25) is 0 Å². The molecular weight excluding hydrogens is 130 g/mol. The third-order valence-corrected chi connectivity index (χ3v) is 0.577. The van der Waals surface area contributed by atoms with Gasteiger partial charge in [0.15, 0.2) is 0 Å². The lowest BCUT2D eigenvalue weighted by Crippen LogP contribution is -2.21. The van der Waals surface area contributed by atoms with Crippen LogP contribution in [0.3, 0.4) is 0 Å². The molecule has 0 aromatic carbocycles. The van der Waals surface area contributed by atoms with Gasteiger partial charge in [0, 0.05) is 13.1 Å². The lowest BCUT2D eigenvalue weighted by molar-refractivity contribution is 0.267. The number of allylic oxidation sites excluding steroid dienone is 1. The van der Waals surface area contributed by atoms with Gasteiger partial charge in [-0.3, -0.25) is 0 Å². The molecule has 3 N–H and O–H groups in total. The second-order valence-corrected chi connectivity index (χ2v) is 1.61. The van der Waals surface area contributed by atoms with Crippen LogP contribution in [-0.4, -0.2) is 36.5 Å². The Morgan fingerprint density at radius 1 is 1.30 bits per heavy atom. The molecule has 3 nitrogen and oxygen atoms in total. The highest BCUT2D eigenvalue weighted by Crippen LogP contribution is 1.54. The smallest absolute Gasteiger partial charge is 0.0555 e. The average molecular weight is 147 g/mol. The van der Waals surface area contributed by atoms with Crippen LogP contribution in [0.2, 0.25) is 0 Å². The minimum Gasteiger partial charge on any atom is -0.395 e. The summed E-state index contributed by atoms with van der Waals surface area (Å²) in [6.45, 7) is 6.67. The number of hydrogen-bond acceptors (Lipinski definition) is 3. The predicted octanol–water partition coefficient (Wildman–Crippen LogP) is -0.247. The molecule has 0 fully saturated rings. The summed E-state index contributed by atoms with van der Waals surface area (Å²) < 4.78 is 0. The van der Waals surface area contributed by atoms with Gasteiger partial charge in [-0.15, -0.1) is 6.58 Å². The van der Waals surface area contributed by atoms with Gasteiger partial charge >= 0.3 is 0 Å². The van der Waals surface area contributed by atoms with E-state index in [2.05, 4.69) is 11.9 Å². The number of aliphatic hydroxyl groups excluding tert-OH is 2. The van der Waals surface area contributed by atoms with Gasteiger partial charge in [-0.25, -0.2) is 0 Å². The van der Waals surface area contributed by atoms with Crippen LogP contribution >= 0.6 is 0 Å². The molecule has 0 aliphatic carbocycles. The van der Waals surface area contributed by atoms with Gasteiger partial charge in [0.1, 0.15) is 0 Å². The molecule has 0 heterocycles. The zero-order valence-electron chi connectivity index (χ0n) is 6.51. The Bertz CT molecular complexity index is 53.6. The van der Waals surface area contributed by atoms with Crippen LogP contribution in [0.25, 0.3) is 0 Å². The molecule has 3 heteroatoms.